The quantitative estimate of drug-likeness (QED) is 0.839. The largest absolute Gasteiger partial charge is 0.358 e. The zero-order valence-corrected chi connectivity index (χ0v) is 11.5. The average molecular weight is 242 g/mol. The van der Waals surface area contributed by atoms with E-state index in [4.69, 9.17) is 5.73 Å². The molecule has 1 heterocycles. The van der Waals surface area contributed by atoms with Crippen molar-refractivity contribution in [3.63, 3.8) is 0 Å². The van der Waals surface area contributed by atoms with E-state index in [-0.39, 0.29) is 0 Å². The van der Waals surface area contributed by atoms with Crippen LogP contribution in [0.3, 0.4) is 0 Å². The highest BCUT2D eigenvalue weighted by molar-refractivity contribution is 5.94. The summed E-state index contributed by atoms with van der Waals surface area (Å²) < 4.78 is 0. The third kappa shape index (κ3) is 2.34. The predicted molar refractivity (Wildman–Crippen MR) is 79.5 cm³/mol. The molecule has 0 bridgehead atoms. The molecule has 0 saturated heterocycles. The Morgan fingerprint density at radius 3 is 2.72 bits per heavy atom. The molecule has 0 atom stereocenters. The van der Waals surface area contributed by atoms with E-state index < -0.39 is 0 Å². The first-order chi connectivity index (χ1) is 8.65. The SMILES string of the molecule is Cc1[nH]c2ccccc2c1/C(=C/CCN)C(C)C. The van der Waals surface area contributed by atoms with Crippen molar-refractivity contribution in [3.8, 4) is 0 Å². The van der Waals surface area contributed by atoms with Crippen LogP contribution in [0.25, 0.3) is 16.5 Å². The number of nitrogens with one attached hydrogen (secondary N) is 1. The molecular weight excluding hydrogens is 220 g/mol. The molecule has 0 amide bonds. The molecule has 2 aromatic rings. The van der Waals surface area contributed by atoms with Gasteiger partial charge in [-0.1, -0.05) is 38.1 Å². The maximum absolute atomic E-state index is 5.63. The van der Waals surface area contributed by atoms with E-state index >= 15 is 0 Å². The molecule has 96 valence electrons. The van der Waals surface area contributed by atoms with Gasteiger partial charge >= 0.3 is 0 Å². The van der Waals surface area contributed by atoms with Crippen LogP contribution in [0.4, 0.5) is 0 Å². The number of hydrogen-bond acceptors (Lipinski definition) is 1. The summed E-state index contributed by atoms with van der Waals surface area (Å²) in [5.74, 6) is 0.509. The molecule has 2 heteroatoms. The van der Waals surface area contributed by atoms with Crippen LogP contribution < -0.4 is 5.73 Å². The molecule has 0 unspecified atom stereocenters. The number of hydrogen-bond donors (Lipinski definition) is 2. The molecule has 1 aromatic carbocycles. The van der Waals surface area contributed by atoms with Crippen molar-refractivity contribution in [2.75, 3.05) is 6.54 Å². The molecule has 0 fully saturated rings. The molecule has 0 saturated carbocycles. The van der Waals surface area contributed by atoms with E-state index in [1.165, 1.54) is 27.7 Å². The van der Waals surface area contributed by atoms with Crippen LogP contribution in [0.1, 0.15) is 31.5 Å². The van der Waals surface area contributed by atoms with Gasteiger partial charge in [0.05, 0.1) is 0 Å². The molecule has 2 rings (SSSR count). The number of aromatic amines is 1. The first-order valence-corrected chi connectivity index (χ1v) is 6.63. The van der Waals surface area contributed by atoms with Crippen molar-refractivity contribution < 1.29 is 0 Å². The summed E-state index contributed by atoms with van der Waals surface area (Å²) in [6.07, 6.45) is 3.22. The lowest BCUT2D eigenvalue weighted by molar-refractivity contribution is 0.846. The molecule has 0 spiro atoms. The van der Waals surface area contributed by atoms with Gasteiger partial charge in [-0.3, -0.25) is 0 Å². The second kappa shape index (κ2) is 5.40. The minimum atomic E-state index is 0.509. The number of nitrogens with two attached hydrogens (primary N) is 1. The van der Waals surface area contributed by atoms with E-state index in [2.05, 4.69) is 56.1 Å². The number of H-pyrrole nitrogens is 1. The Balaban J connectivity index is 2.60. The van der Waals surface area contributed by atoms with Gasteiger partial charge in [-0.25, -0.2) is 0 Å². The molecule has 2 nitrogen and oxygen atoms in total. The number of aryl methyl sites for hydroxylation is 1. The fourth-order valence-electron chi connectivity index (χ4n) is 2.51. The summed E-state index contributed by atoms with van der Waals surface area (Å²) in [7, 11) is 0. The lowest BCUT2D eigenvalue weighted by atomic mass is 9.92. The fraction of sp³-hybridized carbons (Fsp3) is 0.375. The van der Waals surface area contributed by atoms with Crippen LogP contribution in [0.2, 0.25) is 0 Å². The molecule has 0 radical (unpaired) electrons. The van der Waals surface area contributed by atoms with Crippen LogP contribution in [0.5, 0.6) is 0 Å². The standard InChI is InChI=1S/C16H22N2/c1-11(2)13(8-6-10-17)16-12(3)18-15-9-5-4-7-14(15)16/h4-5,7-9,11,18H,6,10,17H2,1-3H3/b13-8+. The van der Waals surface area contributed by atoms with Gasteiger partial charge in [0.15, 0.2) is 0 Å². The van der Waals surface area contributed by atoms with Crippen molar-refractivity contribution in [1.82, 2.24) is 4.98 Å². The lowest BCUT2D eigenvalue weighted by Gasteiger charge is -2.12. The van der Waals surface area contributed by atoms with Crippen molar-refractivity contribution in [1.29, 1.82) is 0 Å². The topological polar surface area (TPSA) is 41.8 Å². The predicted octanol–water partition coefficient (Wildman–Crippen LogP) is 3.86. The lowest BCUT2D eigenvalue weighted by Crippen LogP contribution is -2.00. The summed E-state index contributed by atoms with van der Waals surface area (Å²) in [5, 5.41) is 1.31. The Morgan fingerprint density at radius 2 is 2.06 bits per heavy atom. The number of benzene rings is 1. The van der Waals surface area contributed by atoms with Crippen molar-refractivity contribution in [2.45, 2.75) is 27.2 Å². The zero-order chi connectivity index (χ0) is 13.1. The van der Waals surface area contributed by atoms with Crippen LogP contribution in [-0.4, -0.2) is 11.5 Å². The van der Waals surface area contributed by atoms with Gasteiger partial charge in [0.1, 0.15) is 0 Å². The summed E-state index contributed by atoms with van der Waals surface area (Å²) >= 11 is 0. The molecule has 0 aliphatic rings. The van der Waals surface area contributed by atoms with E-state index in [0.717, 1.165) is 6.42 Å². The van der Waals surface area contributed by atoms with Gasteiger partial charge in [-0.15, -0.1) is 0 Å². The fourth-order valence-corrected chi connectivity index (χ4v) is 2.51. The second-order valence-corrected chi connectivity index (χ2v) is 5.06. The van der Waals surface area contributed by atoms with Crippen molar-refractivity contribution in [2.24, 2.45) is 11.7 Å². The third-order valence-corrected chi connectivity index (χ3v) is 3.34. The van der Waals surface area contributed by atoms with Crippen LogP contribution >= 0.6 is 0 Å². The Morgan fingerprint density at radius 1 is 1.33 bits per heavy atom. The Bertz CT molecular complexity index is 561. The second-order valence-electron chi connectivity index (χ2n) is 5.06. The van der Waals surface area contributed by atoms with Crippen molar-refractivity contribution >= 4 is 16.5 Å². The molecule has 1 aromatic heterocycles. The normalized spacial score (nSPS) is 12.6. The molecular formula is C16H22N2. The minimum absolute atomic E-state index is 0.509. The summed E-state index contributed by atoms with van der Waals surface area (Å²) in [4.78, 5) is 3.47. The summed E-state index contributed by atoms with van der Waals surface area (Å²) in [5.41, 5.74) is 10.8. The van der Waals surface area contributed by atoms with Crippen LogP contribution in [0.15, 0.2) is 30.3 Å². The molecule has 0 aliphatic heterocycles. The highest BCUT2D eigenvalue weighted by Crippen LogP contribution is 2.32. The van der Waals surface area contributed by atoms with Gasteiger partial charge in [0, 0.05) is 22.2 Å². The summed E-state index contributed by atoms with van der Waals surface area (Å²) in [6, 6.07) is 8.49. The van der Waals surface area contributed by atoms with Crippen molar-refractivity contribution in [3.05, 3.63) is 41.6 Å². The van der Waals surface area contributed by atoms with Crippen LogP contribution in [0, 0.1) is 12.8 Å². The Hall–Kier alpha value is -1.54. The maximum atomic E-state index is 5.63. The number of allylic oxidation sites excluding steroid dienone is 1. The summed E-state index contributed by atoms with van der Waals surface area (Å²) in [6.45, 7) is 7.33. The van der Waals surface area contributed by atoms with Gasteiger partial charge in [0.25, 0.3) is 0 Å². The number of aromatic nitrogens is 1. The Labute approximate surface area is 109 Å². The van der Waals surface area contributed by atoms with Gasteiger partial charge in [0.2, 0.25) is 0 Å². The van der Waals surface area contributed by atoms with Gasteiger partial charge in [-0.05, 0) is 37.4 Å². The highest BCUT2D eigenvalue weighted by atomic mass is 14.7. The molecule has 0 aliphatic carbocycles. The highest BCUT2D eigenvalue weighted by Gasteiger charge is 2.14. The monoisotopic (exact) mass is 242 g/mol. The van der Waals surface area contributed by atoms with Crippen LogP contribution in [-0.2, 0) is 0 Å². The smallest absolute Gasteiger partial charge is 0.0462 e. The Kier molecular flexibility index (Phi) is 3.87. The molecule has 3 N–H and O–H groups in total. The average Bonchev–Trinajstić information content (AvgIpc) is 2.66. The van der Waals surface area contributed by atoms with E-state index in [1.807, 2.05) is 0 Å². The molecule has 18 heavy (non-hydrogen) atoms. The van der Waals surface area contributed by atoms with Gasteiger partial charge in [-0.2, -0.15) is 0 Å². The zero-order valence-electron chi connectivity index (χ0n) is 11.5. The van der Waals surface area contributed by atoms with E-state index in [9.17, 15) is 0 Å². The third-order valence-electron chi connectivity index (χ3n) is 3.34. The minimum Gasteiger partial charge on any atom is -0.358 e. The maximum Gasteiger partial charge on any atom is 0.0462 e. The number of para-hydroxylation sites is 1. The number of rotatable bonds is 4. The first kappa shape index (κ1) is 12.9. The first-order valence-electron chi connectivity index (χ1n) is 6.63. The van der Waals surface area contributed by atoms with E-state index in [0.29, 0.717) is 12.5 Å². The van der Waals surface area contributed by atoms with Gasteiger partial charge < -0.3 is 10.7 Å². The van der Waals surface area contributed by atoms with E-state index in [1.54, 1.807) is 0 Å². The number of fused-ring (bicyclic) bond motifs is 1.